The van der Waals surface area contributed by atoms with E-state index in [9.17, 15) is 0 Å². The van der Waals surface area contributed by atoms with E-state index in [4.69, 9.17) is 16.8 Å². The molecule has 1 rings (SSSR count). The molecule has 1 unspecified atom stereocenters. The second-order valence-electron chi connectivity index (χ2n) is 4.04. The summed E-state index contributed by atoms with van der Waals surface area (Å²) in [6.07, 6.45) is 4.23. The molecule has 0 amide bonds. The van der Waals surface area contributed by atoms with Crippen LogP contribution >= 0.6 is 0 Å². The highest BCUT2D eigenvalue weighted by Crippen LogP contribution is 2.24. The minimum atomic E-state index is -0.0162. The lowest BCUT2D eigenvalue weighted by Crippen LogP contribution is -2.31. The summed E-state index contributed by atoms with van der Waals surface area (Å²) in [5.74, 6) is 5.86. The quantitative estimate of drug-likeness (QED) is 0.346. The molecule has 1 aromatic rings. The van der Waals surface area contributed by atoms with Crippen LogP contribution in [0, 0.1) is 11.3 Å². The maximum atomic E-state index is 8.78. The van der Waals surface area contributed by atoms with Gasteiger partial charge in [-0.05, 0) is 24.1 Å². The summed E-state index contributed by atoms with van der Waals surface area (Å²) in [6.45, 7) is 2.13. The molecular formula is C13H19N5. The highest BCUT2D eigenvalue weighted by molar-refractivity contribution is 5.50. The summed E-state index contributed by atoms with van der Waals surface area (Å²) in [5, 5.41) is 14.0. The molecule has 5 heteroatoms. The molecule has 0 aliphatic carbocycles. The van der Waals surface area contributed by atoms with Gasteiger partial charge in [0.05, 0.1) is 17.7 Å². The molecule has 0 saturated carbocycles. The Hall–Kier alpha value is -2.06. The third-order valence-corrected chi connectivity index (χ3v) is 2.78. The molecule has 0 bridgehead atoms. The van der Waals surface area contributed by atoms with Gasteiger partial charge in [0.15, 0.2) is 0 Å². The van der Waals surface area contributed by atoms with Crippen molar-refractivity contribution in [1.82, 2.24) is 5.12 Å². The lowest BCUT2D eigenvalue weighted by atomic mass is 10.0. The van der Waals surface area contributed by atoms with E-state index >= 15 is 0 Å². The Morgan fingerprint density at radius 3 is 2.61 bits per heavy atom. The van der Waals surface area contributed by atoms with Crippen molar-refractivity contribution in [3.05, 3.63) is 35.4 Å². The summed E-state index contributed by atoms with van der Waals surface area (Å²) < 4.78 is 0. The van der Waals surface area contributed by atoms with Gasteiger partial charge in [-0.25, -0.2) is 11.0 Å². The summed E-state index contributed by atoms with van der Waals surface area (Å²) in [4.78, 5) is 0. The van der Waals surface area contributed by atoms with Crippen LogP contribution in [0.3, 0.4) is 0 Å². The largest absolute Gasteiger partial charge is 0.388 e. The zero-order chi connectivity index (χ0) is 13.4. The summed E-state index contributed by atoms with van der Waals surface area (Å²) >= 11 is 0. The Morgan fingerprint density at radius 1 is 1.44 bits per heavy atom. The van der Waals surface area contributed by atoms with E-state index in [-0.39, 0.29) is 6.04 Å². The van der Waals surface area contributed by atoms with Crippen LogP contribution in [0.2, 0.25) is 0 Å². The normalized spacial score (nSPS) is 12.3. The Labute approximate surface area is 108 Å². The van der Waals surface area contributed by atoms with E-state index in [1.165, 1.54) is 11.5 Å². The van der Waals surface area contributed by atoms with Crippen molar-refractivity contribution in [3.63, 3.8) is 0 Å². The number of rotatable bonds is 6. The molecule has 0 heterocycles. The van der Waals surface area contributed by atoms with E-state index in [1.807, 2.05) is 12.1 Å². The number of hydrogen-bond donors (Lipinski definition) is 2. The predicted octanol–water partition coefficient (Wildman–Crippen LogP) is 1.87. The van der Waals surface area contributed by atoms with Crippen molar-refractivity contribution in [2.75, 3.05) is 0 Å². The van der Waals surface area contributed by atoms with E-state index in [0.29, 0.717) is 5.56 Å². The van der Waals surface area contributed by atoms with Crippen molar-refractivity contribution < 1.29 is 0 Å². The van der Waals surface area contributed by atoms with Gasteiger partial charge in [-0.2, -0.15) is 10.4 Å². The molecule has 1 atom stereocenters. The Balaban J connectivity index is 2.90. The molecule has 0 radical (unpaired) electrons. The maximum Gasteiger partial charge on any atom is 0.107 e. The number of hydrazine groups is 1. The predicted molar refractivity (Wildman–Crippen MR) is 72.1 cm³/mol. The fraction of sp³-hybridized carbons (Fsp3) is 0.385. The highest BCUT2D eigenvalue weighted by Gasteiger charge is 2.15. The van der Waals surface area contributed by atoms with Gasteiger partial charge in [0.25, 0.3) is 0 Å². The average molecular weight is 245 g/mol. The Morgan fingerprint density at radius 2 is 2.11 bits per heavy atom. The topological polar surface area (TPSA) is 91.4 Å². The summed E-state index contributed by atoms with van der Waals surface area (Å²) in [5.41, 5.74) is 6.94. The molecule has 0 aliphatic heterocycles. The lowest BCUT2D eigenvalue weighted by Gasteiger charge is -2.24. The number of hydrogen-bond acceptors (Lipinski definition) is 4. The minimum Gasteiger partial charge on any atom is -0.388 e. The van der Waals surface area contributed by atoms with Crippen LogP contribution in [0.4, 0.5) is 0 Å². The number of nitrogens with zero attached hydrogens (tertiary/aromatic N) is 3. The molecule has 0 saturated heterocycles. The van der Waals surface area contributed by atoms with Gasteiger partial charge in [-0.3, -0.25) is 0 Å². The number of hydrazone groups is 1. The summed E-state index contributed by atoms with van der Waals surface area (Å²) in [6, 6.07) is 9.47. The van der Waals surface area contributed by atoms with Gasteiger partial charge in [0.1, 0.15) is 6.34 Å². The van der Waals surface area contributed by atoms with Crippen molar-refractivity contribution in [1.29, 1.82) is 5.26 Å². The van der Waals surface area contributed by atoms with Crippen LogP contribution < -0.4 is 11.6 Å². The molecular weight excluding hydrogens is 226 g/mol. The van der Waals surface area contributed by atoms with Crippen LogP contribution in [0.5, 0.6) is 0 Å². The standard InChI is InChI=1S/C13H19N5/c1-2-3-4-13(18(16)17-10-15)12-7-5-11(9-14)6-8-12/h5-8,10,13H,2-4,16H2,1H3,(H2,15,17). The number of benzene rings is 1. The monoisotopic (exact) mass is 245 g/mol. The van der Waals surface area contributed by atoms with E-state index < -0.39 is 0 Å². The molecule has 18 heavy (non-hydrogen) atoms. The Kier molecular flexibility index (Phi) is 5.68. The molecule has 0 fully saturated rings. The smallest absolute Gasteiger partial charge is 0.107 e. The number of nitrogens with two attached hydrogens (primary N) is 2. The first-order chi connectivity index (χ1) is 8.72. The van der Waals surface area contributed by atoms with Crippen molar-refractivity contribution >= 4 is 6.34 Å². The Bertz CT molecular complexity index is 418. The first kappa shape index (κ1) is 14.0. The van der Waals surface area contributed by atoms with Crippen molar-refractivity contribution in [2.45, 2.75) is 32.2 Å². The van der Waals surface area contributed by atoms with E-state index in [2.05, 4.69) is 18.1 Å². The van der Waals surface area contributed by atoms with Crippen molar-refractivity contribution in [2.24, 2.45) is 16.7 Å². The zero-order valence-electron chi connectivity index (χ0n) is 10.6. The van der Waals surface area contributed by atoms with Crippen molar-refractivity contribution in [3.8, 4) is 6.07 Å². The first-order valence-electron chi connectivity index (χ1n) is 6.01. The van der Waals surface area contributed by atoms with Gasteiger partial charge in [-0.1, -0.05) is 31.9 Å². The molecule has 0 aliphatic rings. The summed E-state index contributed by atoms with van der Waals surface area (Å²) in [7, 11) is 0. The second kappa shape index (κ2) is 7.30. The SMILES string of the molecule is CCCCC(c1ccc(C#N)cc1)N(N)/N=C\N. The van der Waals surface area contributed by atoms with E-state index in [1.54, 1.807) is 12.1 Å². The van der Waals surface area contributed by atoms with Crippen LogP contribution in [0.25, 0.3) is 0 Å². The molecule has 4 N–H and O–H groups in total. The highest BCUT2D eigenvalue weighted by atomic mass is 15.6. The third kappa shape index (κ3) is 3.75. The van der Waals surface area contributed by atoms with Gasteiger partial charge >= 0.3 is 0 Å². The van der Waals surface area contributed by atoms with Gasteiger partial charge in [0, 0.05) is 0 Å². The van der Waals surface area contributed by atoms with E-state index in [0.717, 1.165) is 24.8 Å². The molecule has 5 nitrogen and oxygen atoms in total. The fourth-order valence-corrected chi connectivity index (χ4v) is 1.79. The van der Waals surface area contributed by atoms with Crippen LogP contribution in [-0.4, -0.2) is 11.5 Å². The average Bonchev–Trinajstić information content (AvgIpc) is 2.40. The van der Waals surface area contributed by atoms with Gasteiger partial charge in [0.2, 0.25) is 0 Å². The lowest BCUT2D eigenvalue weighted by molar-refractivity contribution is 0.198. The molecule has 1 aromatic carbocycles. The number of unbranched alkanes of at least 4 members (excludes halogenated alkanes) is 1. The maximum absolute atomic E-state index is 8.78. The zero-order valence-corrected chi connectivity index (χ0v) is 10.6. The molecule has 0 spiro atoms. The second-order valence-corrected chi connectivity index (χ2v) is 4.04. The molecule has 0 aromatic heterocycles. The fourth-order valence-electron chi connectivity index (χ4n) is 1.79. The number of nitriles is 1. The van der Waals surface area contributed by atoms with Crippen LogP contribution in [0.15, 0.2) is 29.4 Å². The van der Waals surface area contributed by atoms with Crippen LogP contribution in [-0.2, 0) is 0 Å². The van der Waals surface area contributed by atoms with Crippen LogP contribution in [0.1, 0.15) is 43.4 Å². The first-order valence-corrected chi connectivity index (χ1v) is 6.01. The molecule has 96 valence electrons. The van der Waals surface area contributed by atoms with Gasteiger partial charge < -0.3 is 5.73 Å². The third-order valence-electron chi connectivity index (χ3n) is 2.78. The van der Waals surface area contributed by atoms with Gasteiger partial charge in [-0.15, -0.1) is 0 Å². The minimum absolute atomic E-state index is 0.0162.